The summed E-state index contributed by atoms with van der Waals surface area (Å²) in [5.74, 6) is 0.386. The molecule has 0 spiro atoms. The van der Waals surface area contributed by atoms with Crippen molar-refractivity contribution in [2.75, 3.05) is 4.90 Å². The van der Waals surface area contributed by atoms with E-state index in [2.05, 4.69) is 15.1 Å². The zero-order valence-corrected chi connectivity index (χ0v) is 15.0. The van der Waals surface area contributed by atoms with Crippen LogP contribution in [-0.4, -0.2) is 43.4 Å². The lowest BCUT2D eigenvalue weighted by Crippen LogP contribution is -2.42. The Morgan fingerprint density at radius 1 is 1.23 bits per heavy atom. The molecule has 3 rings (SSSR count). The van der Waals surface area contributed by atoms with Crippen LogP contribution < -0.4 is 10.6 Å². The highest BCUT2D eigenvalue weighted by Crippen LogP contribution is 2.29. The number of amides is 2. The second kappa shape index (κ2) is 7.69. The van der Waals surface area contributed by atoms with Crippen LogP contribution in [0.3, 0.4) is 0 Å². The molecular weight excluding hydrogens is 360 g/mol. The fourth-order valence-electron chi connectivity index (χ4n) is 3.15. The molecule has 0 radical (unpaired) electrons. The Hall–Kier alpha value is -2.68. The topological polar surface area (TPSA) is 116 Å². The first kappa shape index (κ1) is 18.1. The van der Waals surface area contributed by atoms with E-state index in [0.29, 0.717) is 37.2 Å². The molecule has 0 aliphatic heterocycles. The van der Waals surface area contributed by atoms with Gasteiger partial charge >= 0.3 is 11.5 Å². The Balaban J connectivity index is 1.72. The summed E-state index contributed by atoms with van der Waals surface area (Å²) >= 11 is 5.79. The van der Waals surface area contributed by atoms with Gasteiger partial charge in [0.25, 0.3) is 0 Å². The second-order valence-electron chi connectivity index (χ2n) is 6.15. The third kappa shape index (κ3) is 4.10. The lowest BCUT2D eigenvalue weighted by molar-refractivity contribution is 0.0789. The molecule has 0 bridgehead atoms. The molecule has 1 fully saturated rings. The Bertz CT molecular complexity index is 786. The molecule has 0 aromatic carbocycles. The summed E-state index contributed by atoms with van der Waals surface area (Å²) in [6, 6.07) is -0.133. The number of carbonyl (C=O) groups excluding carboxylic acids is 2. The number of hydrogen-bond acceptors (Lipinski definition) is 6. The van der Waals surface area contributed by atoms with E-state index < -0.39 is 11.5 Å². The van der Waals surface area contributed by atoms with Gasteiger partial charge in [0.2, 0.25) is 0 Å². The summed E-state index contributed by atoms with van der Waals surface area (Å²) in [5.41, 5.74) is 6.54. The van der Waals surface area contributed by atoms with Crippen LogP contribution in [-0.2, 0) is 11.8 Å². The predicted octanol–water partition coefficient (Wildman–Crippen LogP) is 2.45. The van der Waals surface area contributed by atoms with E-state index in [4.69, 9.17) is 22.1 Å². The Morgan fingerprint density at radius 3 is 2.46 bits per heavy atom. The van der Waals surface area contributed by atoms with Gasteiger partial charge in [-0.05, 0) is 37.3 Å². The highest BCUT2D eigenvalue weighted by molar-refractivity contribution is 6.66. The summed E-state index contributed by atoms with van der Waals surface area (Å²) in [6.07, 6.45) is 8.08. The molecule has 10 heteroatoms. The zero-order chi connectivity index (χ0) is 18.7. The van der Waals surface area contributed by atoms with E-state index in [9.17, 15) is 9.59 Å². The average Bonchev–Trinajstić information content (AvgIpc) is 3.03. The van der Waals surface area contributed by atoms with Crippen molar-refractivity contribution in [1.82, 2.24) is 19.7 Å². The minimum Gasteiger partial charge on any atom is -0.446 e. The maximum atomic E-state index is 12.0. The number of nitrogens with zero attached hydrogens (tertiary/aromatic N) is 5. The van der Waals surface area contributed by atoms with Gasteiger partial charge in [0.05, 0.1) is 24.3 Å². The summed E-state index contributed by atoms with van der Waals surface area (Å²) in [4.78, 5) is 33.0. The van der Waals surface area contributed by atoms with E-state index in [1.165, 1.54) is 11.1 Å². The van der Waals surface area contributed by atoms with E-state index in [1.807, 2.05) is 13.2 Å². The van der Waals surface area contributed by atoms with Crippen molar-refractivity contribution >= 4 is 28.9 Å². The van der Waals surface area contributed by atoms with Gasteiger partial charge in [0.15, 0.2) is 5.82 Å². The molecule has 26 heavy (non-hydrogen) atoms. The number of nitrogens with two attached hydrogens (primary N) is 1. The third-order valence-corrected chi connectivity index (χ3v) is 4.55. The van der Waals surface area contributed by atoms with Gasteiger partial charge in [-0.25, -0.2) is 9.78 Å². The van der Waals surface area contributed by atoms with Gasteiger partial charge in [0.1, 0.15) is 6.10 Å². The number of carbonyl (C=O) groups is 2. The maximum absolute atomic E-state index is 12.0. The first-order chi connectivity index (χ1) is 12.4. The zero-order valence-electron chi connectivity index (χ0n) is 14.2. The fraction of sp³-hybridized carbons (Fsp3) is 0.438. The molecule has 2 aromatic heterocycles. The number of anilines is 1. The smallest absolute Gasteiger partial charge is 0.404 e. The maximum Gasteiger partial charge on any atom is 0.404 e. The highest BCUT2D eigenvalue weighted by atomic mass is 35.5. The van der Waals surface area contributed by atoms with Gasteiger partial charge in [0, 0.05) is 24.8 Å². The van der Waals surface area contributed by atoms with Crippen molar-refractivity contribution in [3.05, 3.63) is 24.8 Å². The molecule has 2 amide bonds. The minimum atomic E-state index is -0.782. The van der Waals surface area contributed by atoms with Gasteiger partial charge in [-0.15, -0.1) is 0 Å². The Morgan fingerprint density at radius 2 is 1.96 bits per heavy atom. The lowest BCUT2D eigenvalue weighted by atomic mass is 9.92. The van der Waals surface area contributed by atoms with E-state index in [0.717, 1.165) is 5.56 Å². The van der Waals surface area contributed by atoms with Crippen LogP contribution in [0.1, 0.15) is 25.7 Å². The van der Waals surface area contributed by atoms with Crippen LogP contribution in [0.4, 0.5) is 15.4 Å². The SMILES string of the molecule is Cn1cc(-c2cnc(N(C(=O)Cl)[C@H]3CC[C@H](OC(N)=O)CC3)cn2)cn1. The van der Waals surface area contributed by atoms with Crippen LogP contribution in [0.5, 0.6) is 0 Å². The van der Waals surface area contributed by atoms with Crippen LogP contribution in [0, 0.1) is 0 Å². The van der Waals surface area contributed by atoms with Crippen LogP contribution >= 0.6 is 11.6 Å². The normalized spacial score (nSPS) is 19.8. The van der Waals surface area contributed by atoms with Crippen molar-refractivity contribution in [3.8, 4) is 11.3 Å². The second-order valence-corrected chi connectivity index (χ2v) is 6.48. The van der Waals surface area contributed by atoms with Crippen LogP contribution in [0.15, 0.2) is 24.8 Å². The molecule has 0 unspecified atom stereocenters. The van der Waals surface area contributed by atoms with Crippen molar-refractivity contribution < 1.29 is 14.3 Å². The first-order valence-electron chi connectivity index (χ1n) is 8.20. The fourth-order valence-corrected chi connectivity index (χ4v) is 3.38. The monoisotopic (exact) mass is 378 g/mol. The lowest BCUT2D eigenvalue weighted by Gasteiger charge is -2.34. The van der Waals surface area contributed by atoms with Crippen LogP contribution in [0.2, 0.25) is 0 Å². The molecule has 1 aliphatic carbocycles. The summed E-state index contributed by atoms with van der Waals surface area (Å²) < 4.78 is 6.69. The summed E-state index contributed by atoms with van der Waals surface area (Å²) in [6.45, 7) is 0. The standard InChI is InChI=1S/C16H19ClN6O3/c1-22-9-10(6-21-22)13-7-20-14(8-19-13)23(15(17)24)11-2-4-12(5-3-11)26-16(18)25/h6-9,11-12H,2-5H2,1H3,(H2,18,25)/t11-,12-. The van der Waals surface area contributed by atoms with Crippen molar-refractivity contribution in [3.63, 3.8) is 0 Å². The van der Waals surface area contributed by atoms with Gasteiger partial charge in [-0.2, -0.15) is 5.10 Å². The third-order valence-electron chi connectivity index (χ3n) is 4.37. The van der Waals surface area contributed by atoms with Gasteiger partial charge < -0.3 is 10.5 Å². The Labute approximate surface area is 155 Å². The molecule has 9 nitrogen and oxygen atoms in total. The number of halogens is 1. The molecular formula is C16H19ClN6O3. The molecule has 0 saturated heterocycles. The molecule has 138 valence electrons. The molecule has 0 atom stereocenters. The number of rotatable bonds is 4. The van der Waals surface area contributed by atoms with E-state index in [1.54, 1.807) is 17.1 Å². The number of ether oxygens (including phenoxy) is 1. The van der Waals surface area contributed by atoms with E-state index in [-0.39, 0.29) is 12.1 Å². The van der Waals surface area contributed by atoms with Crippen molar-refractivity contribution in [1.29, 1.82) is 0 Å². The minimum absolute atomic E-state index is 0.133. The predicted molar refractivity (Wildman–Crippen MR) is 94.7 cm³/mol. The van der Waals surface area contributed by atoms with Crippen LogP contribution in [0.25, 0.3) is 11.3 Å². The van der Waals surface area contributed by atoms with Gasteiger partial charge in [-0.3, -0.25) is 19.4 Å². The molecule has 2 aromatic rings. The number of aromatic nitrogens is 4. The number of primary amides is 1. The molecule has 2 heterocycles. The Kier molecular flexibility index (Phi) is 5.36. The summed E-state index contributed by atoms with van der Waals surface area (Å²) in [7, 11) is 1.82. The first-order valence-corrected chi connectivity index (χ1v) is 8.57. The average molecular weight is 379 g/mol. The van der Waals surface area contributed by atoms with Crippen molar-refractivity contribution in [2.24, 2.45) is 12.8 Å². The largest absolute Gasteiger partial charge is 0.446 e. The van der Waals surface area contributed by atoms with Gasteiger partial charge in [-0.1, -0.05) is 0 Å². The van der Waals surface area contributed by atoms with Crippen molar-refractivity contribution in [2.45, 2.75) is 37.8 Å². The number of hydrogen-bond donors (Lipinski definition) is 1. The highest BCUT2D eigenvalue weighted by Gasteiger charge is 2.31. The van der Waals surface area contributed by atoms with E-state index >= 15 is 0 Å². The molecule has 1 saturated carbocycles. The number of aryl methyl sites for hydroxylation is 1. The quantitative estimate of drug-likeness (QED) is 0.645. The summed E-state index contributed by atoms with van der Waals surface area (Å²) in [5, 5.41) is 3.48. The molecule has 1 aliphatic rings. The molecule has 2 N–H and O–H groups in total.